The van der Waals surface area contributed by atoms with Gasteiger partial charge in [-0.3, -0.25) is 4.79 Å². The standard InChI is InChI=1S/C21H20ClFN2O4/c22-17-9-14(10-18(23)21(17)28-8-2-5-20(26)27)25-19-11-16(29-15-3-1-4-15)7-6-13(19)12-24-25/h6-7,9-12,15H,1-5,8H2,(H,26,27). The molecular weight excluding hydrogens is 399 g/mol. The van der Waals surface area contributed by atoms with Gasteiger partial charge in [0.05, 0.1) is 35.1 Å². The SMILES string of the molecule is O=C(O)CCCOc1c(F)cc(-n2ncc3ccc(OC4CCC4)cc32)cc1Cl. The first kappa shape index (κ1) is 19.5. The summed E-state index contributed by atoms with van der Waals surface area (Å²) in [6, 6.07) is 8.59. The predicted octanol–water partition coefficient (Wildman–Crippen LogP) is 4.99. The zero-order valence-corrected chi connectivity index (χ0v) is 16.4. The number of benzene rings is 2. The zero-order chi connectivity index (χ0) is 20.4. The lowest BCUT2D eigenvalue weighted by molar-refractivity contribution is -0.137. The molecule has 1 N–H and O–H groups in total. The Morgan fingerprint density at radius 1 is 1.31 bits per heavy atom. The molecule has 0 unspecified atom stereocenters. The van der Waals surface area contributed by atoms with Crippen LogP contribution in [0.5, 0.6) is 11.5 Å². The maximum absolute atomic E-state index is 14.6. The molecule has 0 saturated heterocycles. The smallest absolute Gasteiger partial charge is 0.303 e. The summed E-state index contributed by atoms with van der Waals surface area (Å²) < 4.78 is 27.5. The van der Waals surface area contributed by atoms with Gasteiger partial charge in [0.25, 0.3) is 0 Å². The van der Waals surface area contributed by atoms with Gasteiger partial charge >= 0.3 is 5.97 Å². The summed E-state index contributed by atoms with van der Waals surface area (Å²) in [6.07, 6.45) is 5.48. The van der Waals surface area contributed by atoms with Crippen LogP contribution in [-0.2, 0) is 4.79 Å². The normalized spacial score (nSPS) is 14.0. The van der Waals surface area contributed by atoms with Crippen LogP contribution in [0.15, 0.2) is 36.5 Å². The van der Waals surface area contributed by atoms with E-state index in [0.29, 0.717) is 5.69 Å². The fourth-order valence-electron chi connectivity index (χ4n) is 3.16. The zero-order valence-electron chi connectivity index (χ0n) is 15.6. The van der Waals surface area contributed by atoms with Gasteiger partial charge in [0.1, 0.15) is 5.75 Å². The molecule has 0 atom stereocenters. The highest BCUT2D eigenvalue weighted by molar-refractivity contribution is 6.32. The molecular formula is C21H20ClFN2O4. The third-order valence-corrected chi connectivity index (χ3v) is 5.19. The van der Waals surface area contributed by atoms with E-state index in [9.17, 15) is 9.18 Å². The van der Waals surface area contributed by atoms with Crippen molar-refractivity contribution in [3.8, 4) is 17.2 Å². The lowest BCUT2D eigenvalue weighted by atomic mass is 9.96. The molecule has 29 heavy (non-hydrogen) atoms. The summed E-state index contributed by atoms with van der Waals surface area (Å²) in [5.74, 6) is -0.893. The molecule has 2 aromatic carbocycles. The minimum Gasteiger partial charge on any atom is -0.490 e. The molecule has 3 aromatic rings. The highest BCUT2D eigenvalue weighted by Crippen LogP contribution is 2.33. The van der Waals surface area contributed by atoms with Crippen molar-refractivity contribution < 1.29 is 23.8 Å². The Bertz CT molecular complexity index is 1030. The van der Waals surface area contributed by atoms with E-state index < -0.39 is 11.8 Å². The van der Waals surface area contributed by atoms with E-state index >= 15 is 0 Å². The Hall–Kier alpha value is -2.80. The van der Waals surface area contributed by atoms with E-state index in [1.165, 1.54) is 12.5 Å². The van der Waals surface area contributed by atoms with Crippen molar-refractivity contribution in [1.29, 1.82) is 0 Å². The van der Waals surface area contributed by atoms with Crippen LogP contribution < -0.4 is 9.47 Å². The number of rotatable bonds is 8. The third kappa shape index (κ3) is 4.29. The number of carboxylic acid groups (broad SMARTS) is 1. The number of hydrogen-bond donors (Lipinski definition) is 1. The van der Waals surface area contributed by atoms with Crippen LogP contribution in [0.1, 0.15) is 32.1 Å². The average Bonchev–Trinajstić information content (AvgIpc) is 3.06. The van der Waals surface area contributed by atoms with Gasteiger partial charge in [-0.15, -0.1) is 0 Å². The lowest BCUT2D eigenvalue weighted by Crippen LogP contribution is -2.24. The number of carbonyl (C=O) groups is 1. The van der Waals surface area contributed by atoms with Crippen LogP contribution in [0.25, 0.3) is 16.6 Å². The molecule has 4 rings (SSSR count). The van der Waals surface area contributed by atoms with Gasteiger partial charge in [0.2, 0.25) is 0 Å². The molecule has 1 aliphatic carbocycles. The summed E-state index contributed by atoms with van der Waals surface area (Å²) in [5.41, 5.74) is 1.24. The molecule has 152 valence electrons. The van der Waals surface area contributed by atoms with Crippen LogP contribution in [-0.4, -0.2) is 33.6 Å². The molecule has 1 fully saturated rings. The second-order valence-corrected chi connectivity index (χ2v) is 7.44. The van der Waals surface area contributed by atoms with Gasteiger partial charge in [-0.2, -0.15) is 5.10 Å². The molecule has 0 radical (unpaired) electrons. The van der Waals surface area contributed by atoms with Crippen LogP contribution >= 0.6 is 11.6 Å². The largest absolute Gasteiger partial charge is 0.490 e. The molecule has 1 aliphatic rings. The highest BCUT2D eigenvalue weighted by Gasteiger charge is 2.20. The number of carboxylic acids is 1. The first-order valence-electron chi connectivity index (χ1n) is 9.50. The van der Waals surface area contributed by atoms with E-state index in [2.05, 4.69) is 5.10 Å². The van der Waals surface area contributed by atoms with E-state index in [-0.39, 0.29) is 36.3 Å². The lowest BCUT2D eigenvalue weighted by Gasteiger charge is -2.26. The number of aromatic nitrogens is 2. The Balaban J connectivity index is 1.58. The molecule has 1 heterocycles. The van der Waals surface area contributed by atoms with Gasteiger partial charge in [-0.25, -0.2) is 9.07 Å². The first-order chi connectivity index (χ1) is 14.0. The van der Waals surface area contributed by atoms with Gasteiger partial charge in [0, 0.05) is 23.9 Å². The van der Waals surface area contributed by atoms with Crippen molar-refractivity contribution in [2.45, 2.75) is 38.2 Å². The summed E-state index contributed by atoms with van der Waals surface area (Å²) in [7, 11) is 0. The second kappa shape index (κ2) is 8.29. The Labute approximate surface area is 171 Å². The van der Waals surface area contributed by atoms with E-state index in [0.717, 1.165) is 29.5 Å². The predicted molar refractivity (Wildman–Crippen MR) is 107 cm³/mol. The molecule has 0 bridgehead atoms. The number of fused-ring (bicyclic) bond motifs is 1. The van der Waals surface area contributed by atoms with Crippen molar-refractivity contribution in [1.82, 2.24) is 9.78 Å². The quantitative estimate of drug-likeness (QED) is 0.521. The first-order valence-corrected chi connectivity index (χ1v) is 9.87. The Morgan fingerprint density at radius 3 is 2.83 bits per heavy atom. The fourth-order valence-corrected chi connectivity index (χ4v) is 3.42. The number of nitrogens with zero attached hydrogens (tertiary/aromatic N) is 2. The third-order valence-electron chi connectivity index (χ3n) is 4.91. The topological polar surface area (TPSA) is 73.6 Å². The second-order valence-electron chi connectivity index (χ2n) is 7.03. The number of halogens is 2. The highest BCUT2D eigenvalue weighted by atomic mass is 35.5. The number of ether oxygens (including phenoxy) is 2. The van der Waals surface area contributed by atoms with E-state index in [1.54, 1.807) is 16.9 Å². The van der Waals surface area contributed by atoms with Gasteiger partial charge in [-0.05, 0) is 43.9 Å². The monoisotopic (exact) mass is 418 g/mol. The molecule has 1 saturated carbocycles. The van der Waals surface area contributed by atoms with Crippen molar-refractivity contribution in [2.75, 3.05) is 6.61 Å². The van der Waals surface area contributed by atoms with Gasteiger partial charge in [-0.1, -0.05) is 11.6 Å². The molecule has 0 spiro atoms. The minimum atomic E-state index is -0.929. The molecule has 0 aliphatic heterocycles. The van der Waals surface area contributed by atoms with Crippen LogP contribution in [0.2, 0.25) is 5.02 Å². The van der Waals surface area contributed by atoms with Crippen molar-refractivity contribution in [3.63, 3.8) is 0 Å². The summed E-state index contributed by atoms with van der Waals surface area (Å²) in [5, 5.41) is 14.0. The fraction of sp³-hybridized carbons (Fsp3) is 0.333. The van der Waals surface area contributed by atoms with Gasteiger partial charge in [0.15, 0.2) is 11.6 Å². The maximum atomic E-state index is 14.6. The maximum Gasteiger partial charge on any atom is 0.303 e. The van der Waals surface area contributed by atoms with E-state index in [1.807, 2.05) is 18.2 Å². The van der Waals surface area contributed by atoms with Crippen LogP contribution in [0, 0.1) is 5.82 Å². The Morgan fingerprint density at radius 2 is 2.14 bits per heavy atom. The van der Waals surface area contributed by atoms with Crippen molar-refractivity contribution in [2.24, 2.45) is 0 Å². The molecule has 1 aromatic heterocycles. The summed E-state index contributed by atoms with van der Waals surface area (Å²) in [4.78, 5) is 10.6. The van der Waals surface area contributed by atoms with Crippen molar-refractivity contribution in [3.05, 3.63) is 47.4 Å². The van der Waals surface area contributed by atoms with Crippen LogP contribution in [0.4, 0.5) is 4.39 Å². The molecule has 6 nitrogen and oxygen atoms in total. The molecule has 0 amide bonds. The minimum absolute atomic E-state index is 0.0537. The van der Waals surface area contributed by atoms with Gasteiger partial charge < -0.3 is 14.6 Å². The van der Waals surface area contributed by atoms with E-state index in [4.69, 9.17) is 26.2 Å². The summed E-state index contributed by atoms with van der Waals surface area (Å²) in [6.45, 7) is 0.0643. The Kier molecular flexibility index (Phi) is 5.58. The van der Waals surface area contributed by atoms with Crippen LogP contribution in [0.3, 0.4) is 0 Å². The van der Waals surface area contributed by atoms with Crippen molar-refractivity contribution >= 4 is 28.5 Å². The molecule has 8 heteroatoms. The number of aliphatic carboxylic acids is 1. The average molecular weight is 419 g/mol. The number of hydrogen-bond acceptors (Lipinski definition) is 4. The summed E-state index contributed by atoms with van der Waals surface area (Å²) >= 11 is 6.22.